The number of carbonyl (C=O) groups excluding carboxylic acids is 1. The minimum absolute atomic E-state index is 0.0485. The number of ether oxygens (including phenoxy) is 1. The smallest absolute Gasteiger partial charge is 0.309 e. The molecule has 1 N–H and O–H groups in total. The number of hydrogen-bond acceptors (Lipinski definition) is 4. The van der Waals surface area contributed by atoms with E-state index in [-0.39, 0.29) is 23.9 Å². The molecule has 0 unspecified atom stereocenters. The Morgan fingerprint density at radius 3 is 2.95 bits per heavy atom. The van der Waals surface area contributed by atoms with Crippen molar-refractivity contribution in [2.45, 2.75) is 38.2 Å². The first-order valence-corrected chi connectivity index (χ1v) is 6.95. The van der Waals surface area contributed by atoms with Crippen LogP contribution in [0.5, 0.6) is 0 Å². The second-order valence-electron chi connectivity index (χ2n) is 4.85. The third kappa shape index (κ3) is 3.45. The molecule has 0 aromatic carbocycles. The van der Waals surface area contributed by atoms with Crippen molar-refractivity contribution in [3.63, 3.8) is 0 Å². The van der Waals surface area contributed by atoms with Gasteiger partial charge in [-0.3, -0.25) is 4.79 Å². The number of rotatable bonds is 3. The van der Waals surface area contributed by atoms with E-state index in [1.807, 2.05) is 6.07 Å². The summed E-state index contributed by atoms with van der Waals surface area (Å²) < 4.78 is 5.13. The van der Waals surface area contributed by atoms with Gasteiger partial charge < -0.3 is 9.84 Å². The number of nitrogens with zero attached hydrogens (tertiary/aromatic N) is 1. The van der Waals surface area contributed by atoms with Gasteiger partial charge in [0.2, 0.25) is 0 Å². The van der Waals surface area contributed by atoms with E-state index < -0.39 is 0 Å². The van der Waals surface area contributed by atoms with Crippen LogP contribution in [0.25, 0.3) is 0 Å². The molecule has 1 fully saturated rings. The molecule has 2 rings (SSSR count). The zero-order chi connectivity index (χ0) is 13.8. The van der Waals surface area contributed by atoms with Crippen molar-refractivity contribution < 1.29 is 14.6 Å². The number of hydrogen-bond donors (Lipinski definition) is 1. The SMILES string of the molecule is CCOC(=O)[C@@H]1CC[C@@H](O)C[C@@H]1c1ccc(Cl)nc1. The summed E-state index contributed by atoms with van der Waals surface area (Å²) in [5.41, 5.74) is 0.932. The molecule has 0 spiro atoms. The van der Waals surface area contributed by atoms with Gasteiger partial charge in [-0.2, -0.15) is 0 Å². The number of pyridine rings is 1. The third-order valence-corrected chi connectivity index (χ3v) is 3.81. The predicted molar refractivity (Wildman–Crippen MR) is 72.0 cm³/mol. The van der Waals surface area contributed by atoms with Crippen LogP contribution in [0.1, 0.15) is 37.7 Å². The van der Waals surface area contributed by atoms with Gasteiger partial charge in [-0.05, 0) is 37.8 Å². The van der Waals surface area contributed by atoms with Crippen LogP contribution in [0.15, 0.2) is 18.3 Å². The molecule has 0 saturated heterocycles. The van der Waals surface area contributed by atoms with Gasteiger partial charge >= 0.3 is 5.97 Å². The maximum Gasteiger partial charge on any atom is 0.309 e. The van der Waals surface area contributed by atoms with Crippen LogP contribution in [0.4, 0.5) is 0 Å². The van der Waals surface area contributed by atoms with Crippen molar-refractivity contribution in [1.82, 2.24) is 4.98 Å². The molecule has 19 heavy (non-hydrogen) atoms. The van der Waals surface area contributed by atoms with Crippen LogP contribution < -0.4 is 0 Å². The van der Waals surface area contributed by atoms with E-state index in [0.717, 1.165) is 5.56 Å². The van der Waals surface area contributed by atoms with E-state index in [4.69, 9.17) is 16.3 Å². The average molecular weight is 284 g/mol. The number of aliphatic hydroxyl groups excluding tert-OH is 1. The molecule has 0 aliphatic heterocycles. The summed E-state index contributed by atoms with van der Waals surface area (Å²) in [5, 5.41) is 10.3. The van der Waals surface area contributed by atoms with E-state index in [9.17, 15) is 9.90 Å². The minimum atomic E-state index is -0.369. The van der Waals surface area contributed by atoms with Crippen molar-refractivity contribution in [2.24, 2.45) is 5.92 Å². The lowest BCUT2D eigenvalue weighted by Crippen LogP contribution is -2.32. The second kappa shape index (κ2) is 6.35. The third-order valence-electron chi connectivity index (χ3n) is 3.59. The van der Waals surface area contributed by atoms with Gasteiger partial charge in [0.05, 0.1) is 18.6 Å². The van der Waals surface area contributed by atoms with Crippen LogP contribution in [0.3, 0.4) is 0 Å². The largest absolute Gasteiger partial charge is 0.466 e. The lowest BCUT2D eigenvalue weighted by Gasteiger charge is -2.32. The molecule has 0 radical (unpaired) electrons. The second-order valence-corrected chi connectivity index (χ2v) is 5.23. The van der Waals surface area contributed by atoms with Crippen molar-refractivity contribution in [3.05, 3.63) is 29.0 Å². The first kappa shape index (κ1) is 14.3. The lowest BCUT2D eigenvalue weighted by atomic mass is 9.75. The topological polar surface area (TPSA) is 59.4 Å². The number of esters is 1. The number of halogens is 1. The summed E-state index contributed by atoms with van der Waals surface area (Å²) in [6, 6.07) is 3.57. The maximum atomic E-state index is 12.0. The first-order chi connectivity index (χ1) is 9.11. The van der Waals surface area contributed by atoms with E-state index in [1.54, 1.807) is 19.2 Å². The van der Waals surface area contributed by atoms with Crippen LogP contribution in [-0.4, -0.2) is 28.8 Å². The maximum absolute atomic E-state index is 12.0. The van der Waals surface area contributed by atoms with Gasteiger partial charge in [-0.15, -0.1) is 0 Å². The lowest BCUT2D eigenvalue weighted by molar-refractivity contribution is -0.150. The number of aromatic nitrogens is 1. The number of aliphatic hydroxyl groups is 1. The molecular formula is C14H18ClNO3. The minimum Gasteiger partial charge on any atom is -0.466 e. The predicted octanol–water partition coefficient (Wildman–Crippen LogP) is 2.54. The van der Waals surface area contributed by atoms with Crippen LogP contribution in [0, 0.1) is 5.92 Å². The Labute approximate surface area is 117 Å². The summed E-state index contributed by atoms with van der Waals surface area (Å²) >= 11 is 5.78. The fraction of sp³-hybridized carbons (Fsp3) is 0.571. The fourth-order valence-electron chi connectivity index (χ4n) is 2.65. The first-order valence-electron chi connectivity index (χ1n) is 6.58. The molecule has 0 bridgehead atoms. The molecule has 1 aliphatic rings. The zero-order valence-electron chi connectivity index (χ0n) is 10.9. The molecule has 4 nitrogen and oxygen atoms in total. The van der Waals surface area contributed by atoms with Crippen LogP contribution in [-0.2, 0) is 9.53 Å². The Morgan fingerprint density at radius 2 is 2.32 bits per heavy atom. The van der Waals surface area contributed by atoms with Crippen LogP contribution >= 0.6 is 11.6 Å². The molecule has 1 heterocycles. The molecule has 1 aliphatic carbocycles. The Kier molecular flexibility index (Phi) is 4.77. The average Bonchev–Trinajstić information content (AvgIpc) is 2.39. The van der Waals surface area contributed by atoms with Crippen molar-refractivity contribution >= 4 is 17.6 Å². The molecule has 1 saturated carbocycles. The quantitative estimate of drug-likeness (QED) is 0.684. The Balaban J connectivity index is 2.21. The zero-order valence-corrected chi connectivity index (χ0v) is 11.6. The van der Waals surface area contributed by atoms with Crippen molar-refractivity contribution in [2.75, 3.05) is 6.61 Å². The van der Waals surface area contributed by atoms with Gasteiger partial charge in [0, 0.05) is 12.1 Å². The van der Waals surface area contributed by atoms with Gasteiger partial charge in [0.15, 0.2) is 0 Å². The van der Waals surface area contributed by atoms with E-state index in [1.165, 1.54) is 0 Å². The normalized spacial score (nSPS) is 27.0. The summed E-state index contributed by atoms with van der Waals surface area (Å²) in [4.78, 5) is 16.1. The molecule has 1 aromatic rings. The highest BCUT2D eigenvalue weighted by Gasteiger charge is 2.36. The van der Waals surface area contributed by atoms with Gasteiger partial charge in [0.25, 0.3) is 0 Å². The highest BCUT2D eigenvalue weighted by Crippen LogP contribution is 2.38. The fourth-order valence-corrected chi connectivity index (χ4v) is 2.77. The monoisotopic (exact) mass is 283 g/mol. The van der Waals surface area contributed by atoms with Crippen LogP contribution in [0.2, 0.25) is 5.15 Å². The summed E-state index contributed by atoms with van der Waals surface area (Å²) in [6.45, 7) is 2.18. The summed E-state index contributed by atoms with van der Waals surface area (Å²) in [7, 11) is 0. The molecule has 104 valence electrons. The molecule has 5 heteroatoms. The van der Waals surface area contributed by atoms with Gasteiger partial charge in [-0.1, -0.05) is 17.7 Å². The highest BCUT2D eigenvalue weighted by atomic mass is 35.5. The Hall–Kier alpha value is -1.13. The highest BCUT2D eigenvalue weighted by molar-refractivity contribution is 6.29. The molecular weight excluding hydrogens is 266 g/mol. The van der Waals surface area contributed by atoms with E-state index >= 15 is 0 Å². The van der Waals surface area contributed by atoms with Crippen molar-refractivity contribution in [3.8, 4) is 0 Å². The van der Waals surface area contributed by atoms with E-state index in [0.29, 0.717) is 31.0 Å². The van der Waals surface area contributed by atoms with E-state index in [2.05, 4.69) is 4.98 Å². The van der Waals surface area contributed by atoms with Crippen molar-refractivity contribution in [1.29, 1.82) is 0 Å². The Morgan fingerprint density at radius 1 is 1.53 bits per heavy atom. The molecule has 1 aromatic heterocycles. The molecule has 3 atom stereocenters. The standard InChI is InChI=1S/C14H18ClNO3/c1-2-19-14(18)11-5-4-10(17)7-12(11)9-3-6-13(15)16-8-9/h3,6,8,10-12,17H,2,4-5,7H2,1H3/t10-,11-,12-/m1/s1. The summed E-state index contributed by atoms with van der Waals surface area (Å²) in [6.07, 6.45) is 3.16. The molecule has 0 amide bonds. The number of carbonyl (C=O) groups is 1. The summed E-state index contributed by atoms with van der Waals surface area (Å²) in [5.74, 6) is -0.437. The Bertz CT molecular complexity index is 435. The van der Waals surface area contributed by atoms with Gasteiger partial charge in [0.1, 0.15) is 5.15 Å². The van der Waals surface area contributed by atoms with Gasteiger partial charge in [-0.25, -0.2) is 4.98 Å².